The van der Waals surface area contributed by atoms with Crippen LogP contribution in [0, 0.1) is 26.6 Å². The minimum atomic E-state index is -1.13. The molecule has 0 fully saturated rings. The first-order valence-electron chi connectivity index (χ1n) is 6.32. The SMILES string of the molecule is Cc1cc(C(O)c2cc(Cl)ccc2F)c(N)c(C)c1C. The van der Waals surface area contributed by atoms with E-state index in [0.29, 0.717) is 16.3 Å². The van der Waals surface area contributed by atoms with E-state index >= 15 is 0 Å². The fourth-order valence-corrected chi connectivity index (χ4v) is 2.43. The van der Waals surface area contributed by atoms with Gasteiger partial charge in [0.25, 0.3) is 0 Å². The molecule has 20 heavy (non-hydrogen) atoms. The molecule has 4 heteroatoms. The molecule has 3 N–H and O–H groups in total. The van der Waals surface area contributed by atoms with Crippen molar-refractivity contribution in [2.75, 3.05) is 5.73 Å². The highest BCUT2D eigenvalue weighted by atomic mass is 35.5. The molecular weight excluding hydrogens is 277 g/mol. The van der Waals surface area contributed by atoms with E-state index in [0.717, 1.165) is 16.7 Å². The van der Waals surface area contributed by atoms with E-state index in [4.69, 9.17) is 17.3 Å². The number of halogens is 2. The Labute approximate surface area is 123 Å². The monoisotopic (exact) mass is 293 g/mol. The van der Waals surface area contributed by atoms with Crippen molar-refractivity contribution >= 4 is 17.3 Å². The molecule has 106 valence electrons. The lowest BCUT2D eigenvalue weighted by atomic mass is 9.92. The summed E-state index contributed by atoms with van der Waals surface area (Å²) >= 11 is 5.87. The minimum absolute atomic E-state index is 0.131. The lowest BCUT2D eigenvalue weighted by Gasteiger charge is -2.19. The van der Waals surface area contributed by atoms with Crippen LogP contribution in [0.5, 0.6) is 0 Å². The molecule has 0 amide bonds. The number of rotatable bonds is 2. The normalized spacial score (nSPS) is 12.5. The van der Waals surface area contributed by atoms with Crippen LogP contribution in [-0.4, -0.2) is 5.11 Å². The van der Waals surface area contributed by atoms with Crippen molar-refractivity contribution in [2.24, 2.45) is 0 Å². The first kappa shape index (κ1) is 14.8. The Bertz CT molecular complexity index is 670. The van der Waals surface area contributed by atoms with E-state index in [1.165, 1.54) is 18.2 Å². The predicted octanol–water partition coefficient (Wildman–Crippen LogP) is 4.07. The van der Waals surface area contributed by atoms with Gasteiger partial charge in [0.15, 0.2) is 0 Å². The number of nitrogens with two attached hydrogens (primary N) is 1. The Balaban J connectivity index is 2.59. The van der Waals surface area contributed by atoms with E-state index in [-0.39, 0.29) is 5.56 Å². The van der Waals surface area contributed by atoms with Crippen molar-refractivity contribution in [3.05, 3.63) is 62.9 Å². The zero-order valence-electron chi connectivity index (χ0n) is 11.7. The molecule has 2 nitrogen and oxygen atoms in total. The Morgan fingerprint density at radius 1 is 1.10 bits per heavy atom. The molecule has 0 spiro atoms. The second-order valence-corrected chi connectivity index (χ2v) is 5.45. The Hall–Kier alpha value is -1.58. The molecule has 0 aliphatic carbocycles. The van der Waals surface area contributed by atoms with Crippen molar-refractivity contribution in [1.29, 1.82) is 0 Å². The second-order valence-electron chi connectivity index (χ2n) is 5.01. The van der Waals surface area contributed by atoms with Crippen molar-refractivity contribution in [3.63, 3.8) is 0 Å². The second kappa shape index (κ2) is 5.43. The highest BCUT2D eigenvalue weighted by Gasteiger charge is 2.20. The maximum absolute atomic E-state index is 13.9. The molecule has 0 saturated carbocycles. The maximum Gasteiger partial charge on any atom is 0.129 e. The number of nitrogen functional groups attached to an aromatic ring is 1. The van der Waals surface area contributed by atoms with E-state index in [1.54, 1.807) is 6.07 Å². The zero-order chi connectivity index (χ0) is 15.0. The fraction of sp³-hybridized carbons (Fsp3) is 0.250. The van der Waals surface area contributed by atoms with Gasteiger partial charge in [0.05, 0.1) is 0 Å². The molecule has 2 rings (SSSR count). The summed E-state index contributed by atoms with van der Waals surface area (Å²) in [5, 5.41) is 10.8. The maximum atomic E-state index is 13.9. The smallest absolute Gasteiger partial charge is 0.129 e. The predicted molar refractivity (Wildman–Crippen MR) is 80.5 cm³/mol. The summed E-state index contributed by atoms with van der Waals surface area (Å²) in [5.41, 5.74) is 10.2. The number of anilines is 1. The molecule has 0 saturated heterocycles. The van der Waals surface area contributed by atoms with Gasteiger partial charge in [0.1, 0.15) is 11.9 Å². The Morgan fingerprint density at radius 2 is 1.75 bits per heavy atom. The Kier molecular flexibility index (Phi) is 4.02. The molecule has 0 aromatic heterocycles. The van der Waals surface area contributed by atoms with E-state index in [9.17, 15) is 9.50 Å². The van der Waals surface area contributed by atoms with Gasteiger partial charge < -0.3 is 10.8 Å². The van der Waals surface area contributed by atoms with Crippen LogP contribution in [0.1, 0.15) is 33.9 Å². The Morgan fingerprint density at radius 3 is 2.40 bits per heavy atom. The van der Waals surface area contributed by atoms with Crippen molar-refractivity contribution in [3.8, 4) is 0 Å². The van der Waals surface area contributed by atoms with Gasteiger partial charge in [-0.2, -0.15) is 0 Å². The third kappa shape index (κ3) is 2.51. The van der Waals surface area contributed by atoms with Gasteiger partial charge in [-0.25, -0.2) is 4.39 Å². The molecule has 0 heterocycles. The highest BCUT2D eigenvalue weighted by Crippen LogP contribution is 2.34. The van der Waals surface area contributed by atoms with Gasteiger partial charge >= 0.3 is 0 Å². The molecule has 0 aliphatic rings. The van der Waals surface area contributed by atoms with Crippen molar-refractivity contribution in [1.82, 2.24) is 0 Å². The fourth-order valence-electron chi connectivity index (χ4n) is 2.25. The van der Waals surface area contributed by atoms with Crippen LogP contribution >= 0.6 is 11.6 Å². The molecule has 0 radical (unpaired) electrons. The first-order chi connectivity index (χ1) is 9.32. The van der Waals surface area contributed by atoms with Crippen LogP contribution < -0.4 is 5.73 Å². The van der Waals surface area contributed by atoms with Crippen LogP contribution in [0.25, 0.3) is 0 Å². The average molecular weight is 294 g/mol. The molecule has 2 aromatic carbocycles. The number of hydrogen-bond acceptors (Lipinski definition) is 2. The average Bonchev–Trinajstić information content (AvgIpc) is 2.42. The number of aliphatic hydroxyl groups is 1. The lowest BCUT2D eigenvalue weighted by molar-refractivity contribution is 0.215. The van der Waals surface area contributed by atoms with Crippen LogP contribution in [0.2, 0.25) is 5.02 Å². The van der Waals surface area contributed by atoms with Crippen LogP contribution in [0.4, 0.5) is 10.1 Å². The van der Waals surface area contributed by atoms with Gasteiger partial charge in [-0.1, -0.05) is 17.7 Å². The van der Waals surface area contributed by atoms with Crippen molar-refractivity contribution < 1.29 is 9.50 Å². The molecule has 0 aliphatic heterocycles. The molecule has 2 aromatic rings. The molecule has 1 unspecified atom stereocenters. The quantitative estimate of drug-likeness (QED) is 0.820. The number of hydrogen-bond donors (Lipinski definition) is 2. The van der Waals surface area contributed by atoms with Gasteiger partial charge in [-0.3, -0.25) is 0 Å². The van der Waals surface area contributed by atoms with Crippen molar-refractivity contribution in [2.45, 2.75) is 26.9 Å². The van der Waals surface area contributed by atoms with Gasteiger partial charge in [0.2, 0.25) is 0 Å². The molecular formula is C16H17ClFNO. The number of aryl methyl sites for hydroxylation is 1. The van der Waals surface area contributed by atoms with Crippen LogP contribution in [0.3, 0.4) is 0 Å². The van der Waals surface area contributed by atoms with Gasteiger partial charge in [-0.05, 0) is 55.7 Å². The van der Waals surface area contributed by atoms with Gasteiger partial charge in [0, 0.05) is 21.8 Å². The first-order valence-corrected chi connectivity index (χ1v) is 6.70. The zero-order valence-corrected chi connectivity index (χ0v) is 12.4. The van der Waals surface area contributed by atoms with Crippen LogP contribution in [-0.2, 0) is 0 Å². The summed E-state index contributed by atoms with van der Waals surface area (Å²) in [5.74, 6) is -0.503. The van der Waals surface area contributed by atoms with Gasteiger partial charge in [-0.15, -0.1) is 0 Å². The van der Waals surface area contributed by atoms with E-state index < -0.39 is 11.9 Å². The third-order valence-corrected chi connectivity index (χ3v) is 4.02. The lowest BCUT2D eigenvalue weighted by Crippen LogP contribution is -2.09. The summed E-state index contributed by atoms with van der Waals surface area (Å²) in [7, 11) is 0. The van der Waals surface area contributed by atoms with Crippen LogP contribution in [0.15, 0.2) is 24.3 Å². The number of aliphatic hydroxyl groups excluding tert-OH is 1. The highest BCUT2D eigenvalue weighted by molar-refractivity contribution is 6.30. The number of benzene rings is 2. The van der Waals surface area contributed by atoms with E-state index in [2.05, 4.69) is 0 Å². The summed E-state index contributed by atoms with van der Waals surface area (Å²) in [4.78, 5) is 0. The van der Waals surface area contributed by atoms with E-state index in [1.807, 2.05) is 20.8 Å². The molecule has 1 atom stereocenters. The minimum Gasteiger partial charge on any atom is -0.398 e. The summed E-state index contributed by atoms with van der Waals surface area (Å²) in [6.07, 6.45) is -1.13. The largest absolute Gasteiger partial charge is 0.398 e. The third-order valence-electron chi connectivity index (χ3n) is 3.79. The topological polar surface area (TPSA) is 46.2 Å². The summed E-state index contributed by atoms with van der Waals surface area (Å²) < 4.78 is 13.9. The standard InChI is InChI=1S/C16H17ClFNO/c1-8-6-13(15(19)10(3)9(8)2)16(20)12-7-11(17)4-5-14(12)18/h4-7,16,20H,19H2,1-3H3. The molecule has 0 bridgehead atoms. The summed E-state index contributed by atoms with van der Waals surface area (Å²) in [6.45, 7) is 5.80. The summed E-state index contributed by atoms with van der Waals surface area (Å²) in [6, 6.07) is 5.90.